The average molecular weight is 295 g/mol. The van der Waals surface area contributed by atoms with Crippen molar-refractivity contribution >= 4 is 23.2 Å². The van der Waals surface area contributed by atoms with Crippen molar-refractivity contribution in [1.29, 1.82) is 0 Å². The van der Waals surface area contributed by atoms with Gasteiger partial charge in [-0.3, -0.25) is 0 Å². The first-order chi connectivity index (χ1) is 9.04. The Morgan fingerprint density at radius 2 is 1.84 bits per heavy atom. The maximum Gasteiger partial charge on any atom is 0.0621 e. The van der Waals surface area contributed by atoms with Gasteiger partial charge in [-0.2, -0.15) is 0 Å². The zero-order valence-corrected chi connectivity index (χ0v) is 12.2. The molecule has 0 aliphatic carbocycles. The van der Waals surface area contributed by atoms with E-state index in [1.807, 2.05) is 49.4 Å². The molecule has 2 aromatic rings. The van der Waals surface area contributed by atoms with Crippen molar-refractivity contribution < 1.29 is 5.11 Å². The lowest BCUT2D eigenvalue weighted by molar-refractivity contribution is 0.175. The predicted octanol–water partition coefficient (Wildman–Crippen LogP) is 4.45. The van der Waals surface area contributed by atoms with E-state index in [9.17, 15) is 5.11 Å². The van der Waals surface area contributed by atoms with Crippen LogP contribution in [0.3, 0.4) is 0 Å². The maximum absolute atomic E-state index is 10.1. The van der Waals surface area contributed by atoms with E-state index in [1.54, 1.807) is 0 Å². The minimum atomic E-state index is -0.460. The molecule has 0 aliphatic heterocycles. The van der Waals surface area contributed by atoms with Gasteiger partial charge in [-0.1, -0.05) is 47.5 Å². The van der Waals surface area contributed by atoms with Gasteiger partial charge in [0.2, 0.25) is 0 Å². The zero-order valence-electron chi connectivity index (χ0n) is 10.7. The van der Waals surface area contributed by atoms with E-state index in [1.165, 1.54) is 0 Å². The van der Waals surface area contributed by atoms with E-state index in [4.69, 9.17) is 23.2 Å². The number of halogens is 2. The van der Waals surface area contributed by atoms with Crippen LogP contribution in [0, 0.1) is 6.92 Å². The van der Waals surface area contributed by atoms with Crippen LogP contribution in [0.4, 0.5) is 0 Å². The van der Waals surface area contributed by atoms with Crippen LogP contribution < -0.4 is 0 Å². The molecular weight excluding hydrogens is 279 g/mol. The molecule has 1 nitrogen and oxygen atoms in total. The van der Waals surface area contributed by atoms with Crippen LogP contribution in [-0.4, -0.2) is 11.2 Å². The second-order valence-electron chi connectivity index (χ2n) is 4.79. The molecule has 1 atom stereocenters. The zero-order chi connectivity index (χ0) is 13.8. The van der Waals surface area contributed by atoms with Crippen molar-refractivity contribution in [2.24, 2.45) is 0 Å². The standard InChI is InChI=1S/C16H16Cl2O/c1-11-5-6-13(16(18)7-11)10-15(19)9-12-3-2-4-14(17)8-12/h2-8,15,19H,9-10H2,1H3. The second-order valence-corrected chi connectivity index (χ2v) is 5.63. The fourth-order valence-corrected chi connectivity index (χ4v) is 2.61. The summed E-state index contributed by atoms with van der Waals surface area (Å²) in [5, 5.41) is 11.5. The summed E-state index contributed by atoms with van der Waals surface area (Å²) in [6.45, 7) is 2.00. The predicted molar refractivity (Wildman–Crippen MR) is 81.1 cm³/mol. The molecule has 0 amide bonds. The van der Waals surface area contributed by atoms with Crippen molar-refractivity contribution in [2.75, 3.05) is 0 Å². The lowest BCUT2D eigenvalue weighted by Gasteiger charge is -2.12. The molecular formula is C16H16Cl2O. The van der Waals surface area contributed by atoms with Gasteiger partial charge in [-0.25, -0.2) is 0 Å². The van der Waals surface area contributed by atoms with Gasteiger partial charge in [-0.15, -0.1) is 0 Å². The van der Waals surface area contributed by atoms with Crippen molar-refractivity contribution in [3.8, 4) is 0 Å². The molecule has 0 saturated heterocycles. The Morgan fingerprint density at radius 1 is 1.05 bits per heavy atom. The van der Waals surface area contributed by atoms with Gasteiger partial charge >= 0.3 is 0 Å². The van der Waals surface area contributed by atoms with Crippen molar-refractivity contribution in [2.45, 2.75) is 25.9 Å². The third kappa shape index (κ3) is 4.24. The summed E-state index contributed by atoms with van der Waals surface area (Å²) in [6.07, 6.45) is 0.662. The fourth-order valence-electron chi connectivity index (χ4n) is 2.08. The van der Waals surface area contributed by atoms with Crippen LogP contribution in [0.25, 0.3) is 0 Å². The van der Waals surface area contributed by atoms with Gasteiger partial charge in [-0.05, 0) is 48.2 Å². The van der Waals surface area contributed by atoms with Gasteiger partial charge in [0.15, 0.2) is 0 Å². The number of aryl methyl sites for hydroxylation is 1. The molecule has 1 unspecified atom stereocenters. The first-order valence-electron chi connectivity index (χ1n) is 6.22. The van der Waals surface area contributed by atoms with E-state index in [2.05, 4.69) is 0 Å². The molecule has 0 saturated carbocycles. The normalized spacial score (nSPS) is 12.4. The van der Waals surface area contributed by atoms with Crippen LogP contribution in [0.2, 0.25) is 10.0 Å². The molecule has 0 bridgehead atoms. The monoisotopic (exact) mass is 294 g/mol. The molecule has 0 spiro atoms. The average Bonchev–Trinajstić information content (AvgIpc) is 2.33. The van der Waals surface area contributed by atoms with Crippen LogP contribution in [0.15, 0.2) is 42.5 Å². The van der Waals surface area contributed by atoms with Gasteiger partial charge in [0, 0.05) is 16.5 Å². The third-order valence-electron chi connectivity index (χ3n) is 3.02. The minimum absolute atomic E-state index is 0.460. The van der Waals surface area contributed by atoms with Crippen LogP contribution in [0.5, 0.6) is 0 Å². The topological polar surface area (TPSA) is 20.2 Å². The van der Waals surface area contributed by atoms with E-state index >= 15 is 0 Å². The molecule has 0 radical (unpaired) electrons. The number of aliphatic hydroxyl groups excluding tert-OH is 1. The Kier molecular flexibility index (Phi) is 4.87. The summed E-state index contributed by atoms with van der Waals surface area (Å²) in [6, 6.07) is 13.5. The first-order valence-corrected chi connectivity index (χ1v) is 6.98. The van der Waals surface area contributed by atoms with Crippen LogP contribution >= 0.6 is 23.2 Å². The highest BCUT2D eigenvalue weighted by molar-refractivity contribution is 6.31. The second kappa shape index (κ2) is 6.42. The number of hydrogen-bond donors (Lipinski definition) is 1. The molecule has 2 aromatic carbocycles. The highest BCUT2D eigenvalue weighted by Gasteiger charge is 2.10. The SMILES string of the molecule is Cc1ccc(CC(O)Cc2cccc(Cl)c2)c(Cl)c1. The summed E-state index contributed by atoms with van der Waals surface area (Å²) in [5.74, 6) is 0. The lowest BCUT2D eigenvalue weighted by Crippen LogP contribution is -2.14. The van der Waals surface area contributed by atoms with E-state index < -0.39 is 6.10 Å². The molecule has 2 rings (SSSR count). The Bertz CT molecular complexity index is 566. The highest BCUT2D eigenvalue weighted by Crippen LogP contribution is 2.20. The molecule has 3 heteroatoms. The Balaban J connectivity index is 2.03. The highest BCUT2D eigenvalue weighted by atomic mass is 35.5. The fraction of sp³-hybridized carbons (Fsp3) is 0.250. The van der Waals surface area contributed by atoms with Crippen molar-refractivity contribution in [3.05, 3.63) is 69.2 Å². The number of hydrogen-bond acceptors (Lipinski definition) is 1. The third-order valence-corrected chi connectivity index (χ3v) is 3.61. The van der Waals surface area contributed by atoms with Gasteiger partial charge in [0.25, 0.3) is 0 Å². The summed E-state index contributed by atoms with van der Waals surface area (Å²) in [4.78, 5) is 0. The van der Waals surface area contributed by atoms with E-state index in [-0.39, 0.29) is 0 Å². The Morgan fingerprint density at radius 3 is 2.53 bits per heavy atom. The summed E-state index contributed by atoms with van der Waals surface area (Å²) in [7, 11) is 0. The van der Waals surface area contributed by atoms with Crippen molar-refractivity contribution in [1.82, 2.24) is 0 Å². The molecule has 100 valence electrons. The van der Waals surface area contributed by atoms with Gasteiger partial charge in [0.1, 0.15) is 0 Å². The molecule has 0 fully saturated rings. The summed E-state index contributed by atoms with van der Waals surface area (Å²) < 4.78 is 0. The first kappa shape index (κ1) is 14.4. The van der Waals surface area contributed by atoms with E-state index in [0.29, 0.717) is 22.9 Å². The van der Waals surface area contributed by atoms with Gasteiger partial charge in [0.05, 0.1) is 6.10 Å². The molecule has 19 heavy (non-hydrogen) atoms. The quantitative estimate of drug-likeness (QED) is 0.883. The smallest absolute Gasteiger partial charge is 0.0621 e. The molecule has 0 aliphatic rings. The Labute approximate surface area is 123 Å². The van der Waals surface area contributed by atoms with Gasteiger partial charge < -0.3 is 5.11 Å². The lowest BCUT2D eigenvalue weighted by atomic mass is 10.0. The van der Waals surface area contributed by atoms with Crippen LogP contribution in [0.1, 0.15) is 16.7 Å². The van der Waals surface area contributed by atoms with E-state index in [0.717, 1.165) is 16.7 Å². The number of rotatable bonds is 4. The minimum Gasteiger partial charge on any atom is -0.392 e. The number of aliphatic hydroxyl groups is 1. The summed E-state index contributed by atoms with van der Waals surface area (Å²) in [5.41, 5.74) is 3.13. The summed E-state index contributed by atoms with van der Waals surface area (Å²) >= 11 is 12.1. The molecule has 0 heterocycles. The molecule has 1 N–H and O–H groups in total. The number of benzene rings is 2. The van der Waals surface area contributed by atoms with Crippen LogP contribution in [-0.2, 0) is 12.8 Å². The molecule has 0 aromatic heterocycles. The van der Waals surface area contributed by atoms with Crippen molar-refractivity contribution in [3.63, 3.8) is 0 Å². The maximum atomic E-state index is 10.1. The largest absolute Gasteiger partial charge is 0.392 e. The Hall–Kier alpha value is -1.02.